The van der Waals surface area contributed by atoms with Crippen LogP contribution in [0.15, 0.2) is 42.6 Å². The summed E-state index contributed by atoms with van der Waals surface area (Å²) in [5.74, 6) is 1.72. The number of methoxy groups -OCH3 is 1. The third kappa shape index (κ3) is 2.73. The van der Waals surface area contributed by atoms with Crippen molar-refractivity contribution in [1.29, 1.82) is 0 Å². The first kappa shape index (κ1) is 13.6. The smallest absolute Gasteiger partial charge is 0.160 e. The Labute approximate surface area is 122 Å². The lowest BCUT2D eigenvalue weighted by atomic mass is 10.1. The molecule has 0 amide bonds. The summed E-state index contributed by atoms with van der Waals surface area (Å²) in [6.45, 7) is 0.556. The van der Waals surface area contributed by atoms with E-state index in [9.17, 15) is 5.11 Å². The summed E-state index contributed by atoms with van der Waals surface area (Å²) in [5, 5.41) is 9.27. The summed E-state index contributed by atoms with van der Waals surface area (Å²) in [6.07, 6.45) is 2.42. The fourth-order valence-electron chi connectivity index (χ4n) is 2.44. The number of aromatic nitrogens is 3. The third-order valence-electron chi connectivity index (χ3n) is 3.40. The Morgan fingerprint density at radius 3 is 2.95 bits per heavy atom. The molecule has 0 unspecified atom stereocenters. The largest absolute Gasteiger partial charge is 0.497 e. The number of aliphatic hydroxyl groups excluding tert-OH is 1. The molecule has 0 aliphatic carbocycles. The van der Waals surface area contributed by atoms with E-state index < -0.39 is 0 Å². The fourth-order valence-corrected chi connectivity index (χ4v) is 2.44. The van der Waals surface area contributed by atoms with E-state index in [1.165, 1.54) is 0 Å². The molecule has 0 radical (unpaired) electrons. The molecule has 5 nitrogen and oxygen atoms in total. The molecule has 1 N–H and O–H groups in total. The first-order chi connectivity index (χ1) is 10.3. The SMILES string of the molecule is COc1cccc(Cc2nc3cccnc3n2CCO)c1. The van der Waals surface area contributed by atoms with Crippen LogP contribution in [0.3, 0.4) is 0 Å². The summed E-state index contributed by atoms with van der Waals surface area (Å²) in [6, 6.07) is 11.7. The molecule has 0 atom stereocenters. The summed E-state index contributed by atoms with van der Waals surface area (Å²) < 4.78 is 7.22. The van der Waals surface area contributed by atoms with Gasteiger partial charge in [0.25, 0.3) is 0 Å². The minimum atomic E-state index is 0.0626. The number of fused-ring (bicyclic) bond motifs is 1. The van der Waals surface area contributed by atoms with Gasteiger partial charge in [-0.3, -0.25) is 0 Å². The van der Waals surface area contributed by atoms with Gasteiger partial charge in [-0.2, -0.15) is 0 Å². The minimum absolute atomic E-state index is 0.0626. The topological polar surface area (TPSA) is 60.2 Å². The maximum absolute atomic E-state index is 9.27. The Morgan fingerprint density at radius 1 is 1.24 bits per heavy atom. The van der Waals surface area contributed by atoms with Crippen molar-refractivity contribution in [3.05, 3.63) is 54.0 Å². The molecule has 0 fully saturated rings. The average Bonchev–Trinajstić information content (AvgIpc) is 2.86. The number of hydrogen-bond donors (Lipinski definition) is 1. The van der Waals surface area contributed by atoms with E-state index in [1.807, 2.05) is 41.0 Å². The van der Waals surface area contributed by atoms with Gasteiger partial charge in [0, 0.05) is 19.2 Å². The Kier molecular flexibility index (Phi) is 3.83. The van der Waals surface area contributed by atoms with Crippen LogP contribution < -0.4 is 4.74 Å². The van der Waals surface area contributed by atoms with Crippen LogP contribution in [0.4, 0.5) is 0 Å². The van der Waals surface area contributed by atoms with Gasteiger partial charge < -0.3 is 14.4 Å². The first-order valence-electron chi connectivity index (χ1n) is 6.85. The second-order valence-electron chi connectivity index (χ2n) is 4.78. The number of aliphatic hydroxyl groups is 1. The highest BCUT2D eigenvalue weighted by atomic mass is 16.5. The van der Waals surface area contributed by atoms with E-state index in [4.69, 9.17) is 4.74 Å². The van der Waals surface area contributed by atoms with Gasteiger partial charge in [-0.1, -0.05) is 12.1 Å². The van der Waals surface area contributed by atoms with Crippen molar-refractivity contribution >= 4 is 11.2 Å². The molecule has 3 rings (SSSR count). The molecule has 0 aliphatic heterocycles. The fraction of sp³-hybridized carbons (Fsp3) is 0.250. The highest BCUT2D eigenvalue weighted by Gasteiger charge is 2.11. The number of ether oxygens (including phenoxy) is 1. The first-order valence-corrected chi connectivity index (χ1v) is 6.85. The van der Waals surface area contributed by atoms with Gasteiger partial charge in [0.2, 0.25) is 0 Å². The lowest BCUT2D eigenvalue weighted by Gasteiger charge is -2.07. The molecule has 21 heavy (non-hydrogen) atoms. The van der Waals surface area contributed by atoms with E-state index in [0.717, 1.165) is 28.3 Å². The van der Waals surface area contributed by atoms with Gasteiger partial charge in [0.1, 0.15) is 17.1 Å². The molecule has 0 saturated carbocycles. The summed E-state index contributed by atoms with van der Waals surface area (Å²) >= 11 is 0. The molecule has 2 aromatic heterocycles. The summed E-state index contributed by atoms with van der Waals surface area (Å²) in [7, 11) is 1.66. The van der Waals surface area contributed by atoms with Crippen LogP contribution in [-0.4, -0.2) is 33.4 Å². The van der Waals surface area contributed by atoms with Crippen LogP contribution in [0.1, 0.15) is 11.4 Å². The van der Waals surface area contributed by atoms with E-state index in [2.05, 4.69) is 9.97 Å². The quantitative estimate of drug-likeness (QED) is 0.778. The van der Waals surface area contributed by atoms with E-state index in [0.29, 0.717) is 13.0 Å². The number of hydrogen-bond acceptors (Lipinski definition) is 4. The Morgan fingerprint density at radius 2 is 2.14 bits per heavy atom. The van der Waals surface area contributed by atoms with Gasteiger partial charge in [0.15, 0.2) is 5.65 Å². The molecule has 0 bridgehead atoms. The average molecular weight is 283 g/mol. The summed E-state index contributed by atoms with van der Waals surface area (Å²) in [5.41, 5.74) is 2.78. The van der Waals surface area contributed by atoms with Crippen molar-refractivity contribution in [2.24, 2.45) is 0 Å². The lowest BCUT2D eigenvalue weighted by molar-refractivity contribution is 0.276. The lowest BCUT2D eigenvalue weighted by Crippen LogP contribution is -2.08. The molecule has 108 valence electrons. The predicted molar refractivity (Wildman–Crippen MR) is 80.4 cm³/mol. The Balaban J connectivity index is 2.00. The van der Waals surface area contributed by atoms with Gasteiger partial charge in [-0.05, 0) is 29.8 Å². The van der Waals surface area contributed by atoms with Crippen molar-refractivity contribution in [3.8, 4) is 5.75 Å². The zero-order chi connectivity index (χ0) is 14.7. The minimum Gasteiger partial charge on any atom is -0.497 e. The number of benzene rings is 1. The molecule has 0 saturated heterocycles. The molecule has 0 spiro atoms. The van der Waals surface area contributed by atoms with Crippen LogP contribution in [0, 0.1) is 0 Å². The molecule has 0 aliphatic rings. The molecule has 3 aromatic rings. The van der Waals surface area contributed by atoms with Gasteiger partial charge >= 0.3 is 0 Å². The maximum atomic E-state index is 9.27. The Bertz CT molecular complexity index is 752. The zero-order valence-corrected chi connectivity index (χ0v) is 11.9. The highest BCUT2D eigenvalue weighted by molar-refractivity contribution is 5.71. The number of pyridine rings is 1. The number of rotatable bonds is 5. The van der Waals surface area contributed by atoms with Crippen LogP contribution in [0.5, 0.6) is 5.75 Å². The van der Waals surface area contributed by atoms with E-state index in [1.54, 1.807) is 13.3 Å². The zero-order valence-electron chi connectivity index (χ0n) is 11.9. The van der Waals surface area contributed by atoms with Crippen LogP contribution >= 0.6 is 0 Å². The third-order valence-corrected chi connectivity index (χ3v) is 3.40. The van der Waals surface area contributed by atoms with Crippen molar-refractivity contribution in [1.82, 2.24) is 14.5 Å². The molecular formula is C16H17N3O2. The second-order valence-corrected chi connectivity index (χ2v) is 4.78. The monoisotopic (exact) mass is 283 g/mol. The van der Waals surface area contributed by atoms with Crippen LogP contribution in [0.2, 0.25) is 0 Å². The molecular weight excluding hydrogens is 266 g/mol. The number of imidazole rings is 1. The van der Waals surface area contributed by atoms with Gasteiger partial charge in [-0.25, -0.2) is 9.97 Å². The normalized spacial score (nSPS) is 11.0. The summed E-state index contributed by atoms with van der Waals surface area (Å²) in [4.78, 5) is 8.99. The van der Waals surface area contributed by atoms with E-state index >= 15 is 0 Å². The second kappa shape index (κ2) is 5.93. The maximum Gasteiger partial charge on any atom is 0.160 e. The standard InChI is InChI=1S/C16H17N3O2/c1-21-13-5-2-4-12(10-13)11-15-18-14-6-3-7-17-16(14)19(15)8-9-20/h2-7,10,20H,8-9,11H2,1H3. The number of nitrogens with zero attached hydrogens (tertiary/aromatic N) is 3. The van der Waals surface area contributed by atoms with Crippen molar-refractivity contribution < 1.29 is 9.84 Å². The van der Waals surface area contributed by atoms with E-state index in [-0.39, 0.29) is 6.61 Å². The predicted octanol–water partition coefficient (Wildman–Crippen LogP) is 2.02. The molecule has 5 heteroatoms. The molecule has 1 aromatic carbocycles. The van der Waals surface area contributed by atoms with Crippen LogP contribution in [-0.2, 0) is 13.0 Å². The van der Waals surface area contributed by atoms with Gasteiger partial charge in [-0.15, -0.1) is 0 Å². The van der Waals surface area contributed by atoms with Gasteiger partial charge in [0.05, 0.1) is 13.7 Å². The van der Waals surface area contributed by atoms with Crippen molar-refractivity contribution in [3.63, 3.8) is 0 Å². The van der Waals surface area contributed by atoms with Crippen molar-refractivity contribution in [2.75, 3.05) is 13.7 Å². The van der Waals surface area contributed by atoms with Crippen molar-refractivity contribution in [2.45, 2.75) is 13.0 Å². The molecule has 2 heterocycles. The highest BCUT2D eigenvalue weighted by Crippen LogP contribution is 2.19. The van der Waals surface area contributed by atoms with Crippen LogP contribution in [0.25, 0.3) is 11.2 Å². The Hall–Kier alpha value is -2.40.